The van der Waals surface area contributed by atoms with Crippen LogP contribution in [0.25, 0.3) is 0 Å². The molecule has 7 heteroatoms. The van der Waals surface area contributed by atoms with Crippen LogP contribution in [0.4, 0.5) is 0 Å². The van der Waals surface area contributed by atoms with Crippen LogP contribution >= 0.6 is 0 Å². The van der Waals surface area contributed by atoms with Crippen molar-refractivity contribution in [1.29, 1.82) is 0 Å². The van der Waals surface area contributed by atoms with Crippen LogP contribution in [0, 0.1) is 0 Å². The van der Waals surface area contributed by atoms with Crippen molar-refractivity contribution in [2.24, 2.45) is 0 Å². The highest BCUT2D eigenvalue weighted by molar-refractivity contribution is 5.93. The van der Waals surface area contributed by atoms with Crippen molar-refractivity contribution in [1.82, 2.24) is 9.80 Å². The molecule has 20 heavy (non-hydrogen) atoms. The number of amides is 1. The first kappa shape index (κ1) is 14.3. The van der Waals surface area contributed by atoms with E-state index in [0.717, 1.165) is 6.26 Å². The summed E-state index contributed by atoms with van der Waals surface area (Å²) in [6.07, 6.45) is 1.15. The molecular formula is C13H16N2O5. The Bertz CT molecular complexity index is 540. The first-order valence-corrected chi connectivity index (χ1v) is 6.34. The van der Waals surface area contributed by atoms with Crippen molar-refractivity contribution in [3.05, 3.63) is 34.4 Å². The van der Waals surface area contributed by atoms with Gasteiger partial charge in [-0.3, -0.25) is 14.5 Å². The van der Waals surface area contributed by atoms with Gasteiger partial charge in [-0.2, -0.15) is 0 Å². The molecule has 0 spiro atoms. The van der Waals surface area contributed by atoms with Gasteiger partial charge in [0.2, 0.25) is 0 Å². The zero-order valence-corrected chi connectivity index (χ0v) is 11.1. The monoisotopic (exact) mass is 280 g/mol. The summed E-state index contributed by atoms with van der Waals surface area (Å²) in [6, 6.07) is 2.08. The van der Waals surface area contributed by atoms with E-state index >= 15 is 0 Å². The maximum atomic E-state index is 12.2. The van der Waals surface area contributed by atoms with Crippen molar-refractivity contribution in [2.45, 2.75) is 13.0 Å². The molecule has 108 valence electrons. The Balaban J connectivity index is 1.97. The third kappa shape index (κ3) is 3.05. The molecule has 1 amide bonds. The Hall–Kier alpha value is -2.15. The second-order valence-electron chi connectivity index (χ2n) is 4.69. The lowest BCUT2D eigenvalue weighted by atomic mass is 10.2. The van der Waals surface area contributed by atoms with Crippen LogP contribution in [0.5, 0.6) is 0 Å². The van der Waals surface area contributed by atoms with Gasteiger partial charge in [0.05, 0.1) is 5.56 Å². The number of carbonyl (C=O) groups is 2. The van der Waals surface area contributed by atoms with E-state index in [2.05, 4.69) is 4.42 Å². The molecule has 1 unspecified atom stereocenters. The normalized spacial score (nSPS) is 17.8. The van der Waals surface area contributed by atoms with Crippen molar-refractivity contribution in [2.75, 3.05) is 26.2 Å². The Labute approximate surface area is 115 Å². The fourth-order valence-electron chi connectivity index (χ4n) is 2.13. The first-order chi connectivity index (χ1) is 9.49. The van der Waals surface area contributed by atoms with Gasteiger partial charge in [-0.1, -0.05) is 0 Å². The quantitative estimate of drug-likeness (QED) is 0.829. The average molecular weight is 280 g/mol. The lowest BCUT2D eigenvalue weighted by Gasteiger charge is -2.36. The molecule has 0 bridgehead atoms. The van der Waals surface area contributed by atoms with E-state index in [1.807, 2.05) is 4.90 Å². The van der Waals surface area contributed by atoms with Crippen LogP contribution in [0.2, 0.25) is 0 Å². The maximum absolute atomic E-state index is 12.2. The van der Waals surface area contributed by atoms with Gasteiger partial charge in [0.1, 0.15) is 12.3 Å². The summed E-state index contributed by atoms with van der Waals surface area (Å²) in [5.41, 5.74) is -0.175. The molecule has 1 N–H and O–H groups in total. The predicted molar refractivity (Wildman–Crippen MR) is 69.6 cm³/mol. The number of rotatable bonds is 3. The standard InChI is InChI=1S/C13H16N2O5/c1-9(13(18)19)14-4-6-15(7-5-14)12(17)10-2-3-11(16)20-8-10/h2-3,8-9H,4-7H2,1H3,(H,18,19). The van der Waals surface area contributed by atoms with Crippen LogP contribution in [-0.4, -0.2) is 59.0 Å². The maximum Gasteiger partial charge on any atom is 0.335 e. The smallest absolute Gasteiger partial charge is 0.335 e. The van der Waals surface area contributed by atoms with Crippen LogP contribution in [0.15, 0.2) is 27.6 Å². The molecule has 1 aromatic heterocycles. The van der Waals surface area contributed by atoms with Crippen LogP contribution in [-0.2, 0) is 4.79 Å². The molecule has 2 rings (SSSR count). The number of nitrogens with zero attached hydrogens (tertiary/aromatic N) is 2. The first-order valence-electron chi connectivity index (χ1n) is 6.34. The summed E-state index contributed by atoms with van der Waals surface area (Å²) < 4.78 is 4.67. The third-order valence-corrected chi connectivity index (χ3v) is 3.45. The minimum absolute atomic E-state index is 0.212. The highest BCUT2D eigenvalue weighted by atomic mass is 16.4. The fraction of sp³-hybridized carbons (Fsp3) is 0.462. The Morgan fingerprint density at radius 3 is 2.40 bits per heavy atom. The Morgan fingerprint density at radius 2 is 1.90 bits per heavy atom. The summed E-state index contributed by atoms with van der Waals surface area (Å²) in [5, 5.41) is 8.95. The summed E-state index contributed by atoms with van der Waals surface area (Å²) >= 11 is 0. The van der Waals surface area contributed by atoms with Crippen LogP contribution < -0.4 is 5.63 Å². The van der Waals surface area contributed by atoms with Gasteiger partial charge in [-0.15, -0.1) is 0 Å². The molecule has 1 atom stereocenters. The molecule has 1 saturated heterocycles. The van der Waals surface area contributed by atoms with Crippen molar-refractivity contribution in [3.63, 3.8) is 0 Å². The van der Waals surface area contributed by atoms with E-state index in [1.165, 1.54) is 12.1 Å². The van der Waals surface area contributed by atoms with Gasteiger partial charge < -0.3 is 14.4 Å². The number of aliphatic carboxylic acids is 1. The number of hydrogen-bond acceptors (Lipinski definition) is 5. The fourth-order valence-corrected chi connectivity index (χ4v) is 2.13. The molecule has 0 aromatic carbocycles. The molecule has 0 radical (unpaired) electrons. The van der Waals surface area contributed by atoms with E-state index in [1.54, 1.807) is 11.8 Å². The van der Waals surface area contributed by atoms with Gasteiger partial charge in [-0.05, 0) is 13.0 Å². The predicted octanol–water partition coefficient (Wildman–Crippen LogP) is -0.129. The van der Waals surface area contributed by atoms with E-state index in [-0.39, 0.29) is 5.91 Å². The second kappa shape index (κ2) is 5.87. The topological polar surface area (TPSA) is 91.1 Å². The van der Waals surface area contributed by atoms with E-state index in [0.29, 0.717) is 31.7 Å². The molecule has 0 saturated carbocycles. The number of hydrogen-bond donors (Lipinski definition) is 1. The molecule has 1 aliphatic rings. The van der Waals surface area contributed by atoms with Gasteiger partial charge in [0.15, 0.2) is 0 Å². The summed E-state index contributed by atoms with van der Waals surface area (Å²) in [5.74, 6) is -1.08. The van der Waals surface area contributed by atoms with Crippen molar-refractivity contribution < 1.29 is 19.1 Å². The number of carbonyl (C=O) groups excluding carboxylic acids is 1. The Kier molecular flexibility index (Phi) is 4.19. The lowest BCUT2D eigenvalue weighted by Crippen LogP contribution is -2.53. The number of piperazine rings is 1. The summed E-state index contributed by atoms with van der Waals surface area (Å²) in [4.78, 5) is 37.3. The molecule has 1 aromatic rings. The van der Waals surface area contributed by atoms with Gasteiger partial charge in [0.25, 0.3) is 5.91 Å². The molecular weight excluding hydrogens is 264 g/mol. The third-order valence-electron chi connectivity index (χ3n) is 3.45. The molecule has 1 fully saturated rings. The van der Waals surface area contributed by atoms with Crippen LogP contribution in [0.1, 0.15) is 17.3 Å². The van der Waals surface area contributed by atoms with Gasteiger partial charge >= 0.3 is 11.6 Å². The lowest BCUT2D eigenvalue weighted by molar-refractivity contribution is -0.143. The largest absolute Gasteiger partial charge is 0.480 e. The zero-order valence-electron chi connectivity index (χ0n) is 11.1. The van der Waals surface area contributed by atoms with E-state index in [9.17, 15) is 14.4 Å². The molecule has 0 aliphatic carbocycles. The molecule has 7 nitrogen and oxygen atoms in total. The highest BCUT2D eigenvalue weighted by Crippen LogP contribution is 2.10. The highest BCUT2D eigenvalue weighted by Gasteiger charge is 2.27. The zero-order chi connectivity index (χ0) is 14.7. The van der Waals surface area contributed by atoms with Gasteiger partial charge in [0, 0.05) is 32.2 Å². The molecule has 2 heterocycles. The van der Waals surface area contributed by atoms with Crippen LogP contribution in [0.3, 0.4) is 0 Å². The minimum Gasteiger partial charge on any atom is -0.480 e. The Morgan fingerprint density at radius 1 is 1.25 bits per heavy atom. The van der Waals surface area contributed by atoms with Crippen molar-refractivity contribution >= 4 is 11.9 Å². The van der Waals surface area contributed by atoms with Gasteiger partial charge in [-0.25, -0.2) is 4.79 Å². The van der Waals surface area contributed by atoms with E-state index in [4.69, 9.17) is 5.11 Å². The number of carboxylic acids is 1. The SMILES string of the molecule is CC(C(=O)O)N1CCN(C(=O)c2ccc(=O)oc2)CC1. The summed E-state index contributed by atoms with van der Waals surface area (Å²) in [6.45, 7) is 3.56. The minimum atomic E-state index is -0.866. The van der Waals surface area contributed by atoms with E-state index < -0.39 is 17.6 Å². The van der Waals surface area contributed by atoms with Crippen molar-refractivity contribution in [3.8, 4) is 0 Å². The molecule has 1 aliphatic heterocycles. The number of carboxylic acid groups (broad SMARTS) is 1. The summed E-state index contributed by atoms with van der Waals surface area (Å²) in [7, 11) is 0. The average Bonchev–Trinajstić information content (AvgIpc) is 2.46. The second-order valence-corrected chi connectivity index (χ2v) is 4.69.